The molecule has 0 bridgehead atoms. The van der Waals surface area contributed by atoms with E-state index in [0.717, 1.165) is 14.5 Å². The zero-order chi connectivity index (χ0) is 18.4. The summed E-state index contributed by atoms with van der Waals surface area (Å²) in [5, 5.41) is 13.5. The molecule has 0 aliphatic carbocycles. The number of phenols is 1. The Morgan fingerprint density at radius 1 is 1.32 bits per heavy atom. The van der Waals surface area contributed by atoms with Gasteiger partial charge in [0, 0.05) is 4.47 Å². The highest BCUT2D eigenvalue weighted by Crippen LogP contribution is 2.32. The predicted molar refractivity (Wildman–Crippen MR) is 102 cm³/mol. The third-order valence-corrected chi connectivity index (χ3v) is 4.19. The molecule has 6 nitrogen and oxygen atoms in total. The molecule has 2 aromatic carbocycles. The molecule has 0 aliphatic rings. The van der Waals surface area contributed by atoms with Gasteiger partial charge in [-0.1, -0.05) is 15.9 Å². The molecule has 0 atom stereocenters. The van der Waals surface area contributed by atoms with Gasteiger partial charge in [0.15, 0.2) is 18.1 Å². The van der Waals surface area contributed by atoms with E-state index in [-0.39, 0.29) is 12.4 Å². The number of rotatable bonds is 6. The molecule has 2 rings (SSSR count). The van der Waals surface area contributed by atoms with Crippen molar-refractivity contribution in [1.82, 2.24) is 5.43 Å². The number of benzene rings is 2. The van der Waals surface area contributed by atoms with Crippen molar-refractivity contribution < 1.29 is 19.4 Å². The van der Waals surface area contributed by atoms with Crippen molar-refractivity contribution in [2.24, 2.45) is 5.10 Å². The second-order valence-corrected chi connectivity index (χ2v) is 6.82. The maximum absolute atomic E-state index is 11.8. The number of hydrogen-bond acceptors (Lipinski definition) is 5. The molecule has 0 saturated carbocycles. The van der Waals surface area contributed by atoms with Crippen LogP contribution in [-0.2, 0) is 4.79 Å². The van der Waals surface area contributed by atoms with E-state index in [1.165, 1.54) is 19.4 Å². The lowest BCUT2D eigenvalue weighted by atomic mass is 10.2. The standard InChI is InChI=1S/C17H16Br2N2O4/c1-10-5-12(18)7-13(19)17(10)25-9-16(23)21-20-8-11-3-4-15(24-2)14(22)6-11/h3-8,22H,9H2,1-2H3,(H,21,23). The Kier molecular flexibility index (Phi) is 6.83. The molecule has 2 aromatic rings. The highest BCUT2D eigenvalue weighted by molar-refractivity contribution is 9.11. The first-order valence-electron chi connectivity index (χ1n) is 7.18. The molecular formula is C17H16Br2N2O4. The Hall–Kier alpha value is -2.06. The maximum atomic E-state index is 11.8. The first-order valence-corrected chi connectivity index (χ1v) is 8.76. The zero-order valence-electron chi connectivity index (χ0n) is 13.5. The minimum absolute atomic E-state index is 0.00308. The van der Waals surface area contributed by atoms with Crippen LogP contribution in [0.3, 0.4) is 0 Å². The average Bonchev–Trinajstić information content (AvgIpc) is 2.54. The molecule has 25 heavy (non-hydrogen) atoms. The second kappa shape index (κ2) is 8.87. The third-order valence-electron chi connectivity index (χ3n) is 3.15. The van der Waals surface area contributed by atoms with Gasteiger partial charge >= 0.3 is 0 Å². The lowest BCUT2D eigenvalue weighted by Gasteiger charge is -2.10. The fourth-order valence-corrected chi connectivity index (χ4v) is 3.56. The molecule has 0 aliphatic heterocycles. The van der Waals surface area contributed by atoms with Gasteiger partial charge in [-0.05, 0) is 64.3 Å². The molecule has 0 spiro atoms. The summed E-state index contributed by atoms with van der Waals surface area (Å²) in [7, 11) is 1.47. The van der Waals surface area contributed by atoms with Gasteiger partial charge < -0.3 is 14.6 Å². The molecule has 0 fully saturated rings. The van der Waals surface area contributed by atoms with E-state index in [1.54, 1.807) is 12.1 Å². The van der Waals surface area contributed by atoms with Crippen molar-refractivity contribution in [1.29, 1.82) is 0 Å². The monoisotopic (exact) mass is 470 g/mol. The van der Waals surface area contributed by atoms with Gasteiger partial charge in [0.2, 0.25) is 0 Å². The first kappa shape index (κ1) is 19.3. The second-order valence-electron chi connectivity index (χ2n) is 5.05. The Bertz CT molecular complexity index is 786. The van der Waals surface area contributed by atoms with Crippen LogP contribution < -0.4 is 14.9 Å². The number of phenolic OH excluding ortho intramolecular Hbond substituents is 1. The van der Waals surface area contributed by atoms with Gasteiger partial charge in [-0.15, -0.1) is 0 Å². The number of nitrogens with zero attached hydrogens (tertiary/aromatic N) is 1. The molecule has 0 radical (unpaired) electrons. The molecule has 0 heterocycles. The number of amides is 1. The lowest BCUT2D eigenvalue weighted by Crippen LogP contribution is -2.24. The highest BCUT2D eigenvalue weighted by atomic mass is 79.9. The summed E-state index contributed by atoms with van der Waals surface area (Å²) >= 11 is 6.79. The molecular weight excluding hydrogens is 456 g/mol. The van der Waals surface area contributed by atoms with Crippen molar-refractivity contribution in [2.45, 2.75) is 6.92 Å². The van der Waals surface area contributed by atoms with Crippen molar-refractivity contribution in [3.05, 3.63) is 50.4 Å². The zero-order valence-corrected chi connectivity index (χ0v) is 16.7. The quantitative estimate of drug-likeness (QED) is 0.496. The average molecular weight is 472 g/mol. The first-order chi connectivity index (χ1) is 11.9. The Balaban J connectivity index is 1.90. The number of ether oxygens (including phenoxy) is 2. The Labute approximate surface area is 162 Å². The normalized spacial score (nSPS) is 10.7. The summed E-state index contributed by atoms with van der Waals surface area (Å²) in [6.45, 7) is 1.71. The summed E-state index contributed by atoms with van der Waals surface area (Å²) in [6, 6.07) is 8.52. The van der Waals surface area contributed by atoms with Crippen LogP contribution in [-0.4, -0.2) is 30.9 Å². The van der Waals surface area contributed by atoms with Gasteiger partial charge in [-0.3, -0.25) is 4.79 Å². The largest absolute Gasteiger partial charge is 0.504 e. The van der Waals surface area contributed by atoms with E-state index in [0.29, 0.717) is 17.1 Å². The Morgan fingerprint density at radius 2 is 2.08 bits per heavy atom. The van der Waals surface area contributed by atoms with Crippen molar-refractivity contribution in [3.63, 3.8) is 0 Å². The molecule has 0 aromatic heterocycles. The smallest absolute Gasteiger partial charge is 0.277 e. The van der Waals surface area contributed by atoms with Gasteiger partial charge in [-0.2, -0.15) is 5.10 Å². The number of carbonyl (C=O) groups excluding carboxylic acids is 1. The molecule has 8 heteroatoms. The number of aryl methyl sites for hydroxylation is 1. The van der Waals surface area contributed by atoms with Crippen LogP contribution in [0.25, 0.3) is 0 Å². The number of carbonyl (C=O) groups is 1. The summed E-state index contributed by atoms with van der Waals surface area (Å²) in [5.41, 5.74) is 3.88. The molecule has 132 valence electrons. The summed E-state index contributed by atoms with van der Waals surface area (Å²) < 4.78 is 12.2. The molecule has 1 amide bonds. The van der Waals surface area contributed by atoms with Gasteiger partial charge in [0.25, 0.3) is 5.91 Å². The highest BCUT2D eigenvalue weighted by Gasteiger charge is 2.09. The van der Waals surface area contributed by atoms with E-state index in [4.69, 9.17) is 9.47 Å². The molecule has 0 unspecified atom stereocenters. The Morgan fingerprint density at radius 3 is 2.72 bits per heavy atom. The van der Waals surface area contributed by atoms with E-state index >= 15 is 0 Å². The van der Waals surface area contributed by atoms with Gasteiger partial charge in [0.05, 0.1) is 17.8 Å². The van der Waals surface area contributed by atoms with Crippen LogP contribution in [0, 0.1) is 6.92 Å². The van der Waals surface area contributed by atoms with E-state index in [1.807, 2.05) is 19.1 Å². The topological polar surface area (TPSA) is 80.2 Å². The van der Waals surface area contributed by atoms with Crippen molar-refractivity contribution >= 4 is 44.0 Å². The fraction of sp³-hybridized carbons (Fsp3) is 0.176. The lowest BCUT2D eigenvalue weighted by molar-refractivity contribution is -0.123. The van der Waals surface area contributed by atoms with Crippen LogP contribution in [0.5, 0.6) is 17.2 Å². The van der Waals surface area contributed by atoms with Crippen LogP contribution >= 0.6 is 31.9 Å². The number of nitrogens with one attached hydrogen (secondary N) is 1. The summed E-state index contributed by atoms with van der Waals surface area (Å²) in [6.07, 6.45) is 1.41. The van der Waals surface area contributed by atoms with Crippen LogP contribution in [0.2, 0.25) is 0 Å². The van der Waals surface area contributed by atoms with Gasteiger partial charge in [0.1, 0.15) is 5.75 Å². The number of hydrazone groups is 1. The SMILES string of the molecule is COc1ccc(C=NNC(=O)COc2c(C)cc(Br)cc2Br)cc1O. The van der Waals surface area contributed by atoms with E-state index < -0.39 is 5.91 Å². The van der Waals surface area contributed by atoms with Gasteiger partial charge in [-0.25, -0.2) is 5.43 Å². The molecule has 2 N–H and O–H groups in total. The summed E-state index contributed by atoms with van der Waals surface area (Å²) in [4.78, 5) is 11.8. The number of halogens is 2. The van der Waals surface area contributed by atoms with E-state index in [9.17, 15) is 9.90 Å². The summed E-state index contributed by atoms with van der Waals surface area (Å²) in [5.74, 6) is 0.562. The minimum Gasteiger partial charge on any atom is -0.504 e. The third kappa shape index (κ3) is 5.47. The van der Waals surface area contributed by atoms with Crippen molar-refractivity contribution in [2.75, 3.05) is 13.7 Å². The molecule has 0 saturated heterocycles. The number of aromatic hydroxyl groups is 1. The maximum Gasteiger partial charge on any atom is 0.277 e. The minimum atomic E-state index is -0.400. The van der Waals surface area contributed by atoms with Crippen LogP contribution in [0.15, 0.2) is 44.4 Å². The number of hydrogen-bond donors (Lipinski definition) is 2. The van der Waals surface area contributed by atoms with E-state index in [2.05, 4.69) is 42.4 Å². The fourth-order valence-electron chi connectivity index (χ4n) is 2.01. The van der Waals surface area contributed by atoms with Crippen LogP contribution in [0.4, 0.5) is 0 Å². The number of methoxy groups -OCH3 is 1. The van der Waals surface area contributed by atoms with Crippen molar-refractivity contribution in [3.8, 4) is 17.2 Å². The predicted octanol–water partition coefficient (Wildman–Crippen LogP) is 3.76. The van der Waals surface area contributed by atoms with Crippen LogP contribution in [0.1, 0.15) is 11.1 Å².